The molecule has 8 heteroatoms. The van der Waals surface area contributed by atoms with Crippen LogP contribution in [0.15, 0.2) is 12.2 Å². The van der Waals surface area contributed by atoms with E-state index in [1.807, 2.05) is 0 Å². The quantitative estimate of drug-likeness (QED) is 0.255. The molecule has 0 bridgehead atoms. The van der Waals surface area contributed by atoms with E-state index in [-0.39, 0.29) is 12.2 Å². The van der Waals surface area contributed by atoms with Crippen LogP contribution in [0.1, 0.15) is 34.6 Å². The van der Waals surface area contributed by atoms with Crippen molar-refractivity contribution in [2.45, 2.75) is 46.4 Å². The summed E-state index contributed by atoms with van der Waals surface area (Å²) in [6.07, 6.45) is -0.297. The third-order valence-electron chi connectivity index (χ3n) is 1.01. The van der Waals surface area contributed by atoms with E-state index in [0.29, 0.717) is 5.57 Å². The van der Waals surface area contributed by atoms with Gasteiger partial charge in [-0.05, 0) is 27.7 Å². The van der Waals surface area contributed by atoms with E-state index in [1.165, 1.54) is 20.8 Å². The lowest BCUT2D eigenvalue weighted by molar-refractivity contribution is -0.473. The molecule has 0 aromatic heterocycles. The number of carbonyl (C=O) groups excluding carboxylic acids is 1. The predicted molar refractivity (Wildman–Crippen MR) is 63.8 cm³/mol. The zero-order valence-corrected chi connectivity index (χ0v) is 12.2. The molecular formula is C10H21NO6S. The van der Waals surface area contributed by atoms with Crippen molar-refractivity contribution < 1.29 is 32.4 Å². The van der Waals surface area contributed by atoms with Gasteiger partial charge < -0.3 is 15.0 Å². The summed E-state index contributed by atoms with van der Waals surface area (Å²) >= 11 is 0. The SMILES string of the molecule is C=C(C)C(=O)OC(C)[NH3+].CC(C)(C)OS(=O)(=O)[O-]. The Morgan fingerprint density at radius 3 is 1.83 bits per heavy atom. The molecule has 0 heterocycles. The average Bonchev–Trinajstić information content (AvgIpc) is 1.95. The minimum atomic E-state index is -4.53. The van der Waals surface area contributed by atoms with Crippen LogP contribution in [0.3, 0.4) is 0 Å². The predicted octanol–water partition coefficient (Wildman–Crippen LogP) is -0.0447. The second kappa shape index (κ2) is 7.47. The molecule has 0 saturated heterocycles. The highest BCUT2D eigenvalue weighted by molar-refractivity contribution is 7.80. The van der Waals surface area contributed by atoms with Crippen molar-refractivity contribution in [1.29, 1.82) is 0 Å². The van der Waals surface area contributed by atoms with Gasteiger partial charge in [0, 0.05) is 12.5 Å². The van der Waals surface area contributed by atoms with Gasteiger partial charge in [-0.15, -0.1) is 0 Å². The molecule has 1 unspecified atom stereocenters. The van der Waals surface area contributed by atoms with Crippen LogP contribution in [0.5, 0.6) is 0 Å². The number of quaternary nitrogens is 1. The molecule has 0 aliphatic heterocycles. The first-order chi connectivity index (χ1) is 7.74. The third-order valence-corrected chi connectivity index (χ3v) is 1.71. The van der Waals surface area contributed by atoms with Gasteiger partial charge in [0.05, 0.1) is 5.60 Å². The zero-order valence-electron chi connectivity index (χ0n) is 11.3. The summed E-state index contributed by atoms with van der Waals surface area (Å²) in [5.41, 5.74) is 2.97. The Morgan fingerprint density at radius 1 is 1.39 bits per heavy atom. The number of esters is 1. The van der Waals surface area contributed by atoms with Gasteiger partial charge in [0.15, 0.2) is 0 Å². The van der Waals surface area contributed by atoms with Gasteiger partial charge >= 0.3 is 5.97 Å². The molecule has 0 spiro atoms. The second-order valence-corrected chi connectivity index (χ2v) is 5.58. The van der Waals surface area contributed by atoms with Gasteiger partial charge in [0.25, 0.3) is 0 Å². The maximum absolute atomic E-state index is 10.6. The van der Waals surface area contributed by atoms with Crippen LogP contribution >= 0.6 is 0 Å². The molecule has 3 N–H and O–H groups in total. The molecule has 0 saturated carbocycles. The summed E-state index contributed by atoms with van der Waals surface area (Å²) in [5.74, 6) is -0.377. The maximum Gasteiger partial charge on any atom is 0.337 e. The lowest BCUT2D eigenvalue weighted by Gasteiger charge is -2.20. The van der Waals surface area contributed by atoms with Crippen LogP contribution in [0, 0.1) is 0 Å². The standard InChI is InChI=1S/C6H11NO2.C4H10O4S/c1-4(2)6(8)9-5(3)7;1-4(2,3)8-9(5,6)7/h5H,1,7H2,2-3H3;1-3H3,(H,5,6,7). The summed E-state index contributed by atoms with van der Waals surface area (Å²) in [6.45, 7) is 11.2. The van der Waals surface area contributed by atoms with Crippen LogP contribution in [0.2, 0.25) is 0 Å². The number of hydrogen-bond donors (Lipinski definition) is 1. The fourth-order valence-corrected chi connectivity index (χ4v) is 1.20. The van der Waals surface area contributed by atoms with Crippen LogP contribution in [0.25, 0.3) is 0 Å². The second-order valence-electron chi connectivity index (χ2n) is 4.60. The summed E-state index contributed by atoms with van der Waals surface area (Å²) in [4.78, 5) is 10.6. The third kappa shape index (κ3) is 17.4. The normalized spacial score (nSPS) is 13.1. The molecule has 18 heavy (non-hydrogen) atoms. The fraction of sp³-hybridized carbons (Fsp3) is 0.700. The minimum Gasteiger partial charge on any atom is -0.726 e. The Morgan fingerprint density at radius 2 is 1.78 bits per heavy atom. The number of carbonyl (C=O) groups is 1. The summed E-state index contributed by atoms with van der Waals surface area (Å²) in [5, 5.41) is 0. The first-order valence-corrected chi connectivity index (χ1v) is 6.44. The van der Waals surface area contributed by atoms with Crippen LogP contribution in [-0.2, 0) is 24.1 Å². The minimum absolute atomic E-state index is 0.297. The lowest BCUT2D eigenvalue weighted by Crippen LogP contribution is -2.61. The smallest absolute Gasteiger partial charge is 0.337 e. The molecule has 7 nitrogen and oxygen atoms in total. The molecule has 0 rings (SSSR count). The highest BCUT2D eigenvalue weighted by Gasteiger charge is 2.13. The van der Waals surface area contributed by atoms with E-state index in [1.54, 1.807) is 13.8 Å². The maximum atomic E-state index is 10.6. The van der Waals surface area contributed by atoms with Crippen molar-refractivity contribution in [3.63, 3.8) is 0 Å². The Hall–Kier alpha value is -0.960. The van der Waals surface area contributed by atoms with Crippen LogP contribution < -0.4 is 5.73 Å². The van der Waals surface area contributed by atoms with E-state index in [2.05, 4.69) is 21.2 Å². The molecule has 1 atom stereocenters. The zero-order chi connectivity index (χ0) is 15.1. The van der Waals surface area contributed by atoms with Crippen molar-refractivity contribution in [3.8, 4) is 0 Å². The van der Waals surface area contributed by atoms with Gasteiger partial charge in [0.2, 0.25) is 16.6 Å². The van der Waals surface area contributed by atoms with Crippen molar-refractivity contribution in [2.24, 2.45) is 0 Å². The fourth-order valence-electron chi connectivity index (χ4n) is 0.590. The lowest BCUT2D eigenvalue weighted by atomic mass is 10.2. The molecule has 0 aliphatic rings. The average molecular weight is 283 g/mol. The summed E-state index contributed by atoms with van der Waals surface area (Å²) < 4.78 is 38.3. The molecule has 0 amide bonds. The van der Waals surface area contributed by atoms with Gasteiger partial charge in [-0.25, -0.2) is 13.2 Å². The number of ether oxygens (including phenoxy) is 1. The van der Waals surface area contributed by atoms with Gasteiger partial charge in [0.1, 0.15) is 0 Å². The van der Waals surface area contributed by atoms with Crippen LogP contribution in [-0.4, -0.2) is 30.8 Å². The highest BCUT2D eigenvalue weighted by Crippen LogP contribution is 2.09. The first kappa shape index (κ1) is 19.4. The molecule has 0 aromatic rings. The largest absolute Gasteiger partial charge is 0.726 e. The summed E-state index contributed by atoms with van der Waals surface area (Å²) in [6, 6.07) is 0. The van der Waals surface area contributed by atoms with Crippen LogP contribution in [0.4, 0.5) is 0 Å². The Bertz CT molecular complexity index is 380. The van der Waals surface area contributed by atoms with Gasteiger partial charge in [-0.3, -0.25) is 4.18 Å². The van der Waals surface area contributed by atoms with Crippen molar-refractivity contribution in [3.05, 3.63) is 12.2 Å². The van der Waals surface area contributed by atoms with E-state index >= 15 is 0 Å². The van der Waals surface area contributed by atoms with E-state index in [9.17, 15) is 17.8 Å². The highest BCUT2D eigenvalue weighted by atomic mass is 32.3. The van der Waals surface area contributed by atoms with Crippen molar-refractivity contribution in [2.75, 3.05) is 0 Å². The van der Waals surface area contributed by atoms with E-state index in [4.69, 9.17) is 0 Å². The molecule has 0 aromatic carbocycles. The summed E-state index contributed by atoms with van der Waals surface area (Å²) in [7, 11) is -4.53. The Balaban J connectivity index is 0. The van der Waals surface area contributed by atoms with E-state index < -0.39 is 16.0 Å². The Kier molecular flexibility index (Phi) is 8.04. The van der Waals surface area contributed by atoms with Crippen molar-refractivity contribution in [1.82, 2.24) is 0 Å². The van der Waals surface area contributed by atoms with E-state index in [0.717, 1.165) is 0 Å². The van der Waals surface area contributed by atoms with Gasteiger partial charge in [-0.1, -0.05) is 6.58 Å². The topological polar surface area (TPSA) is 120 Å². The first-order valence-electron chi connectivity index (χ1n) is 5.10. The molecular weight excluding hydrogens is 262 g/mol. The number of hydrogen-bond acceptors (Lipinski definition) is 6. The molecule has 108 valence electrons. The van der Waals surface area contributed by atoms with Crippen molar-refractivity contribution >= 4 is 16.4 Å². The monoisotopic (exact) mass is 283 g/mol. The van der Waals surface area contributed by atoms with Gasteiger partial charge in [-0.2, -0.15) is 0 Å². The Labute approximate surface area is 108 Å². The molecule has 0 fully saturated rings. The number of rotatable bonds is 3. The molecule has 0 aliphatic carbocycles. The molecule has 0 radical (unpaired) electrons.